The fourth-order valence-corrected chi connectivity index (χ4v) is 3.18. The molecule has 8 heteroatoms. The van der Waals surface area contributed by atoms with Crippen LogP contribution in [0.2, 0.25) is 0 Å². The van der Waals surface area contributed by atoms with Crippen LogP contribution in [0.5, 0.6) is 0 Å². The normalized spacial score (nSPS) is 10.6. The molecule has 1 aromatic rings. The third-order valence-electron chi connectivity index (χ3n) is 3.18. The Balaban J connectivity index is 3.11. The predicted molar refractivity (Wildman–Crippen MR) is 95.3 cm³/mol. The van der Waals surface area contributed by atoms with Crippen LogP contribution in [0, 0.1) is 12.8 Å². The number of hydrogen-bond donors (Lipinski definition) is 1. The van der Waals surface area contributed by atoms with Gasteiger partial charge < -0.3 is 19.5 Å². The van der Waals surface area contributed by atoms with E-state index in [2.05, 4.69) is 5.32 Å². The van der Waals surface area contributed by atoms with Crippen molar-refractivity contribution in [3.8, 4) is 0 Å². The number of ether oxygens (including phenoxy) is 3. The number of hydrogen-bond acceptors (Lipinski definition) is 7. The molecule has 25 heavy (non-hydrogen) atoms. The summed E-state index contributed by atoms with van der Waals surface area (Å²) >= 11 is 1.01. The minimum Gasteiger partial charge on any atom is -0.462 e. The molecule has 0 bridgehead atoms. The Morgan fingerprint density at radius 3 is 2.36 bits per heavy atom. The highest BCUT2D eigenvalue weighted by atomic mass is 32.1. The molecule has 7 nitrogen and oxygen atoms in total. The maximum atomic E-state index is 12.2. The Labute approximate surface area is 151 Å². The van der Waals surface area contributed by atoms with Crippen molar-refractivity contribution in [2.75, 3.05) is 32.2 Å². The molecule has 0 radical (unpaired) electrons. The number of thiophene rings is 1. The van der Waals surface area contributed by atoms with Gasteiger partial charge in [0.05, 0.1) is 18.8 Å². The molecule has 0 spiro atoms. The molecular weight excluding hydrogens is 346 g/mol. The van der Waals surface area contributed by atoms with E-state index in [0.29, 0.717) is 17.0 Å². The van der Waals surface area contributed by atoms with Crippen LogP contribution in [0.1, 0.15) is 52.8 Å². The van der Waals surface area contributed by atoms with Crippen LogP contribution in [0.3, 0.4) is 0 Å². The summed E-state index contributed by atoms with van der Waals surface area (Å²) in [5.41, 5.74) is 0.633. The zero-order valence-corrected chi connectivity index (χ0v) is 16.1. The lowest BCUT2D eigenvalue weighted by Crippen LogP contribution is -2.16. The number of esters is 2. The molecule has 0 saturated heterocycles. The van der Waals surface area contributed by atoms with Gasteiger partial charge in [-0.1, -0.05) is 13.8 Å². The summed E-state index contributed by atoms with van der Waals surface area (Å²) in [7, 11) is 1.51. The van der Waals surface area contributed by atoms with E-state index in [1.807, 2.05) is 13.8 Å². The summed E-state index contributed by atoms with van der Waals surface area (Å²) in [4.78, 5) is 36.8. The van der Waals surface area contributed by atoms with Crippen LogP contribution in [0.25, 0.3) is 0 Å². The first-order valence-corrected chi connectivity index (χ1v) is 8.89. The zero-order valence-electron chi connectivity index (χ0n) is 15.3. The van der Waals surface area contributed by atoms with E-state index >= 15 is 0 Å². The van der Waals surface area contributed by atoms with Crippen molar-refractivity contribution >= 4 is 34.2 Å². The lowest BCUT2D eigenvalue weighted by Gasteiger charge is -2.08. The van der Waals surface area contributed by atoms with Gasteiger partial charge in [0, 0.05) is 13.5 Å². The molecule has 140 valence electrons. The number of rotatable bonds is 9. The van der Waals surface area contributed by atoms with Gasteiger partial charge in [-0.25, -0.2) is 9.59 Å². The Morgan fingerprint density at radius 2 is 1.80 bits per heavy atom. The molecule has 1 rings (SSSR count). The monoisotopic (exact) mass is 371 g/mol. The van der Waals surface area contributed by atoms with E-state index in [4.69, 9.17) is 14.2 Å². The molecule has 0 atom stereocenters. The predicted octanol–water partition coefficient (Wildman–Crippen LogP) is 3.02. The molecule has 0 aliphatic heterocycles. The maximum absolute atomic E-state index is 12.2. The maximum Gasteiger partial charge on any atom is 0.348 e. The van der Waals surface area contributed by atoms with Gasteiger partial charge in [0.15, 0.2) is 0 Å². The summed E-state index contributed by atoms with van der Waals surface area (Å²) in [5.74, 6) is -1.19. The lowest BCUT2D eigenvalue weighted by molar-refractivity contribution is -0.116. The van der Waals surface area contributed by atoms with Crippen molar-refractivity contribution in [1.29, 1.82) is 0 Å². The first-order chi connectivity index (χ1) is 11.8. The van der Waals surface area contributed by atoms with Crippen LogP contribution in [-0.2, 0) is 19.0 Å². The summed E-state index contributed by atoms with van der Waals surface area (Å²) in [6.45, 7) is 7.75. The first-order valence-electron chi connectivity index (χ1n) is 8.08. The smallest absolute Gasteiger partial charge is 0.348 e. The molecule has 1 heterocycles. The van der Waals surface area contributed by atoms with Gasteiger partial charge >= 0.3 is 11.9 Å². The number of anilines is 1. The van der Waals surface area contributed by atoms with Crippen molar-refractivity contribution in [3.05, 3.63) is 16.0 Å². The SMILES string of the molecule is CCOC(=O)c1c(NC(=O)CC(C)C)sc(C(=O)OCCOC)c1C. The third kappa shape index (κ3) is 6.13. The zero-order chi connectivity index (χ0) is 19.0. The molecular formula is C17H25NO6S. The fraction of sp³-hybridized carbons (Fsp3) is 0.588. The second-order valence-electron chi connectivity index (χ2n) is 5.76. The van der Waals surface area contributed by atoms with E-state index in [0.717, 1.165) is 11.3 Å². The molecule has 1 aromatic heterocycles. The number of nitrogens with one attached hydrogen (secondary N) is 1. The number of carbonyl (C=O) groups is 3. The summed E-state index contributed by atoms with van der Waals surface area (Å²) < 4.78 is 15.0. The average Bonchev–Trinajstić information content (AvgIpc) is 2.83. The van der Waals surface area contributed by atoms with Gasteiger partial charge in [-0.15, -0.1) is 11.3 Å². The average molecular weight is 371 g/mol. The number of amides is 1. The minimum absolute atomic E-state index is 0.108. The van der Waals surface area contributed by atoms with Gasteiger partial charge in [-0.05, 0) is 25.3 Å². The standard InChI is InChI=1S/C17H25NO6S/c1-6-23-16(20)13-11(4)14(17(21)24-8-7-22-5)25-15(13)18-12(19)9-10(2)3/h10H,6-9H2,1-5H3,(H,18,19). The molecule has 0 unspecified atom stereocenters. The molecule has 0 aliphatic rings. The van der Waals surface area contributed by atoms with Crippen molar-refractivity contribution in [1.82, 2.24) is 0 Å². The lowest BCUT2D eigenvalue weighted by atomic mass is 10.1. The van der Waals surface area contributed by atoms with Crippen LogP contribution >= 0.6 is 11.3 Å². The van der Waals surface area contributed by atoms with Crippen LogP contribution in [-0.4, -0.2) is 44.8 Å². The van der Waals surface area contributed by atoms with Gasteiger partial charge in [-0.2, -0.15) is 0 Å². The minimum atomic E-state index is -0.577. The molecule has 1 amide bonds. The van der Waals surface area contributed by atoms with Crippen LogP contribution < -0.4 is 5.32 Å². The van der Waals surface area contributed by atoms with Crippen molar-refractivity contribution in [2.24, 2.45) is 5.92 Å². The molecule has 0 aliphatic carbocycles. The topological polar surface area (TPSA) is 90.9 Å². The van der Waals surface area contributed by atoms with Crippen molar-refractivity contribution in [2.45, 2.75) is 34.1 Å². The molecule has 0 saturated carbocycles. The largest absolute Gasteiger partial charge is 0.462 e. The second-order valence-corrected chi connectivity index (χ2v) is 6.78. The quantitative estimate of drug-likeness (QED) is 0.530. The highest BCUT2D eigenvalue weighted by Crippen LogP contribution is 2.34. The number of carbonyl (C=O) groups excluding carboxylic acids is 3. The number of methoxy groups -OCH3 is 1. The summed E-state index contributed by atoms with van der Waals surface area (Å²) in [6, 6.07) is 0. The van der Waals surface area contributed by atoms with E-state index < -0.39 is 11.9 Å². The van der Waals surface area contributed by atoms with Gasteiger partial charge in [-0.3, -0.25) is 4.79 Å². The van der Waals surface area contributed by atoms with E-state index in [1.165, 1.54) is 7.11 Å². The third-order valence-corrected chi connectivity index (χ3v) is 4.37. The Bertz CT molecular complexity index is 623. The highest BCUT2D eigenvalue weighted by molar-refractivity contribution is 7.18. The molecule has 0 fully saturated rings. The summed E-state index contributed by atoms with van der Waals surface area (Å²) in [6.07, 6.45) is 0.312. The van der Waals surface area contributed by atoms with Gasteiger partial charge in [0.25, 0.3) is 0 Å². The first kappa shape index (κ1) is 21.1. The fourth-order valence-electron chi connectivity index (χ4n) is 2.08. The van der Waals surface area contributed by atoms with Crippen LogP contribution in [0.15, 0.2) is 0 Å². The van der Waals surface area contributed by atoms with Crippen LogP contribution in [0.4, 0.5) is 5.00 Å². The van der Waals surface area contributed by atoms with Crippen molar-refractivity contribution < 1.29 is 28.6 Å². The summed E-state index contributed by atoms with van der Waals surface area (Å²) in [5, 5.41) is 3.02. The van der Waals surface area contributed by atoms with E-state index in [9.17, 15) is 14.4 Å². The van der Waals surface area contributed by atoms with E-state index in [-0.39, 0.29) is 42.1 Å². The Hall–Kier alpha value is -1.93. The molecule has 0 aromatic carbocycles. The van der Waals surface area contributed by atoms with Crippen molar-refractivity contribution in [3.63, 3.8) is 0 Å². The highest BCUT2D eigenvalue weighted by Gasteiger charge is 2.27. The second kappa shape index (κ2) is 10.1. The Kier molecular flexibility index (Phi) is 8.57. The van der Waals surface area contributed by atoms with Gasteiger partial charge in [0.1, 0.15) is 16.5 Å². The Morgan fingerprint density at radius 1 is 1.12 bits per heavy atom. The molecule has 1 N–H and O–H groups in total. The van der Waals surface area contributed by atoms with Gasteiger partial charge in [0.2, 0.25) is 5.91 Å². The van der Waals surface area contributed by atoms with E-state index in [1.54, 1.807) is 13.8 Å².